The third-order valence-corrected chi connectivity index (χ3v) is 7.95. The van der Waals surface area contributed by atoms with Gasteiger partial charge in [0.1, 0.15) is 12.2 Å². The number of H-pyrrole nitrogens is 1. The Morgan fingerprint density at radius 2 is 1.43 bits per heavy atom. The first kappa shape index (κ1) is 32.8. The van der Waals surface area contributed by atoms with Crippen LogP contribution >= 0.6 is 0 Å². The molecular formula is C35H31N5O9. The maximum Gasteiger partial charge on any atom is 0.338 e. The molecule has 0 bridgehead atoms. The summed E-state index contributed by atoms with van der Waals surface area (Å²) in [6, 6.07) is 24.6. The minimum atomic E-state index is -1.86. The lowest BCUT2D eigenvalue weighted by Gasteiger charge is -2.35. The molecule has 1 amide bonds. The number of carbonyl (C=O) groups excluding carboxylic acids is 4. The maximum atomic E-state index is 13.7. The van der Waals surface area contributed by atoms with Crippen LogP contribution in [0.5, 0.6) is 0 Å². The van der Waals surface area contributed by atoms with Crippen LogP contribution in [0.2, 0.25) is 0 Å². The Morgan fingerprint density at radius 3 is 2.00 bits per heavy atom. The first-order valence-electron chi connectivity index (χ1n) is 15.3. The average molecular weight is 666 g/mol. The number of amides is 1. The van der Waals surface area contributed by atoms with Crippen LogP contribution in [0.1, 0.15) is 58.1 Å². The number of benzene rings is 3. The van der Waals surface area contributed by atoms with Gasteiger partial charge in [0.15, 0.2) is 29.1 Å². The van der Waals surface area contributed by atoms with Gasteiger partial charge in [0.2, 0.25) is 11.9 Å². The van der Waals surface area contributed by atoms with Gasteiger partial charge in [0.25, 0.3) is 5.56 Å². The quantitative estimate of drug-likeness (QED) is 0.171. The third-order valence-electron chi connectivity index (χ3n) is 7.95. The van der Waals surface area contributed by atoms with Crippen molar-refractivity contribution in [2.24, 2.45) is 0 Å². The smallest absolute Gasteiger partial charge is 0.338 e. The van der Waals surface area contributed by atoms with Crippen molar-refractivity contribution in [1.82, 2.24) is 19.5 Å². The first-order valence-corrected chi connectivity index (χ1v) is 15.3. The van der Waals surface area contributed by atoms with Crippen LogP contribution in [-0.2, 0) is 23.7 Å². The fourth-order valence-electron chi connectivity index (χ4n) is 5.61. The summed E-state index contributed by atoms with van der Waals surface area (Å²) in [5.74, 6) is -2.86. The Morgan fingerprint density at radius 1 is 0.878 bits per heavy atom. The monoisotopic (exact) mass is 665 g/mol. The SMILES string of the molecule is CC(=O)Nc1nc2c(ncn2[C@@H]2O[C@H]([C@@H](C)OC(=O)c3ccccc3)[C@@H](OC(=O)c3ccccc3)[C@@]2(C)OC(=O)c2ccccc2)c(=O)[nH]1. The van der Waals surface area contributed by atoms with E-state index in [1.54, 1.807) is 97.9 Å². The fraction of sp³-hybridized carbons (Fsp3) is 0.229. The van der Waals surface area contributed by atoms with Gasteiger partial charge in [0, 0.05) is 6.92 Å². The van der Waals surface area contributed by atoms with Gasteiger partial charge in [-0.05, 0) is 50.2 Å². The van der Waals surface area contributed by atoms with E-state index >= 15 is 0 Å². The van der Waals surface area contributed by atoms with Crippen LogP contribution in [0.3, 0.4) is 0 Å². The van der Waals surface area contributed by atoms with E-state index in [9.17, 15) is 24.0 Å². The Hall–Kier alpha value is -6.15. The molecule has 0 saturated carbocycles. The number of aromatic amines is 1. The van der Waals surface area contributed by atoms with Crippen LogP contribution in [0.25, 0.3) is 11.2 Å². The highest BCUT2D eigenvalue weighted by Crippen LogP contribution is 2.46. The van der Waals surface area contributed by atoms with Crippen molar-refractivity contribution in [1.29, 1.82) is 0 Å². The number of hydrogen-bond acceptors (Lipinski definition) is 11. The maximum absolute atomic E-state index is 13.7. The predicted octanol–water partition coefficient (Wildman–Crippen LogP) is 4.06. The number of anilines is 1. The molecule has 14 nitrogen and oxygen atoms in total. The molecule has 2 aromatic heterocycles. The summed E-state index contributed by atoms with van der Waals surface area (Å²) in [5.41, 5.74) is -2.00. The second-order valence-electron chi connectivity index (χ2n) is 11.5. The molecule has 0 unspecified atom stereocenters. The molecule has 5 atom stereocenters. The average Bonchev–Trinajstić information content (AvgIpc) is 3.64. The van der Waals surface area contributed by atoms with Gasteiger partial charge < -0.3 is 18.9 Å². The summed E-state index contributed by atoms with van der Waals surface area (Å²) >= 11 is 0. The Kier molecular flexibility index (Phi) is 9.05. The van der Waals surface area contributed by atoms with Crippen LogP contribution < -0.4 is 10.9 Å². The van der Waals surface area contributed by atoms with Gasteiger partial charge >= 0.3 is 17.9 Å². The zero-order valence-corrected chi connectivity index (χ0v) is 26.6. The molecule has 1 aliphatic rings. The lowest BCUT2D eigenvalue weighted by Crippen LogP contribution is -2.52. The van der Waals surface area contributed by atoms with E-state index in [1.165, 1.54) is 24.7 Å². The summed E-state index contributed by atoms with van der Waals surface area (Å²) in [6.07, 6.45) is -3.81. The number of fused-ring (bicyclic) bond motifs is 1. The minimum Gasteiger partial charge on any atom is -0.456 e. The van der Waals surface area contributed by atoms with Crippen molar-refractivity contribution in [3.63, 3.8) is 0 Å². The number of imidazole rings is 1. The molecule has 2 N–H and O–H groups in total. The number of rotatable bonds is 9. The molecule has 3 aromatic carbocycles. The van der Waals surface area contributed by atoms with E-state index < -0.39 is 59.5 Å². The molecule has 250 valence electrons. The predicted molar refractivity (Wildman–Crippen MR) is 174 cm³/mol. The third kappa shape index (κ3) is 6.67. The van der Waals surface area contributed by atoms with Crippen LogP contribution in [0.4, 0.5) is 5.95 Å². The molecule has 0 spiro atoms. The molecule has 1 fully saturated rings. The number of nitrogens with one attached hydrogen (secondary N) is 2. The molecule has 3 heterocycles. The summed E-state index contributed by atoms with van der Waals surface area (Å²) < 4.78 is 26.0. The number of aromatic nitrogens is 4. The molecule has 0 radical (unpaired) electrons. The Labute approximate surface area is 279 Å². The van der Waals surface area contributed by atoms with Gasteiger partial charge in [-0.2, -0.15) is 4.98 Å². The highest BCUT2D eigenvalue weighted by atomic mass is 16.7. The second kappa shape index (κ2) is 13.5. The van der Waals surface area contributed by atoms with Gasteiger partial charge in [-0.15, -0.1) is 0 Å². The largest absolute Gasteiger partial charge is 0.456 e. The van der Waals surface area contributed by atoms with Crippen LogP contribution in [0, 0.1) is 0 Å². The summed E-state index contributed by atoms with van der Waals surface area (Å²) in [7, 11) is 0. The Balaban J connectivity index is 1.47. The topological polar surface area (TPSA) is 181 Å². The highest BCUT2D eigenvalue weighted by molar-refractivity contribution is 5.91. The summed E-state index contributed by atoms with van der Waals surface area (Å²) in [4.78, 5) is 76.3. The lowest BCUT2D eigenvalue weighted by molar-refractivity contribution is -0.114. The van der Waals surface area contributed by atoms with E-state index in [-0.39, 0.29) is 33.8 Å². The summed E-state index contributed by atoms with van der Waals surface area (Å²) in [6.45, 7) is 4.30. The molecule has 1 aliphatic heterocycles. The minimum absolute atomic E-state index is 0.0396. The zero-order valence-electron chi connectivity index (χ0n) is 26.6. The van der Waals surface area contributed by atoms with E-state index in [2.05, 4.69) is 20.3 Å². The number of esters is 3. The van der Waals surface area contributed by atoms with E-state index in [0.29, 0.717) is 0 Å². The lowest BCUT2D eigenvalue weighted by atomic mass is 9.93. The van der Waals surface area contributed by atoms with E-state index in [1.807, 2.05) is 0 Å². The first-order chi connectivity index (χ1) is 23.5. The number of hydrogen-bond donors (Lipinski definition) is 2. The molecule has 6 rings (SSSR count). The standard InChI is InChI=1S/C35H31N5O9/c1-20(46-30(43)22-13-7-4-8-14-22)26-27(48-31(44)23-15-9-5-10-16-23)35(3,49-32(45)24-17-11-6-12-18-24)33(47-26)40-19-36-25-28(40)38-34(37-21(2)41)39-29(25)42/h4-20,26-27,33H,1-3H3,(H2,37,38,39,41,42)/t20-,26-,27-,33-,35-/m1/s1. The normalized spacial score (nSPS) is 20.7. The van der Waals surface area contributed by atoms with Crippen molar-refractivity contribution in [2.45, 2.75) is 50.9 Å². The van der Waals surface area contributed by atoms with E-state index in [0.717, 1.165) is 0 Å². The van der Waals surface area contributed by atoms with Crippen LogP contribution in [0.15, 0.2) is 102 Å². The van der Waals surface area contributed by atoms with Crippen molar-refractivity contribution >= 4 is 40.9 Å². The molecule has 5 aromatic rings. The zero-order chi connectivity index (χ0) is 34.7. The summed E-state index contributed by atoms with van der Waals surface area (Å²) in [5, 5.41) is 2.44. The van der Waals surface area contributed by atoms with Crippen molar-refractivity contribution < 1.29 is 38.1 Å². The van der Waals surface area contributed by atoms with Crippen molar-refractivity contribution in [3.05, 3.63) is 124 Å². The van der Waals surface area contributed by atoms with Gasteiger partial charge in [-0.25, -0.2) is 19.4 Å². The molecule has 14 heteroatoms. The highest BCUT2D eigenvalue weighted by Gasteiger charge is 2.62. The van der Waals surface area contributed by atoms with Crippen molar-refractivity contribution in [3.8, 4) is 0 Å². The van der Waals surface area contributed by atoms with Crippen LogP contribution in [-0.4, -0.2) is 67.2 Å². The van der Waals surface area contributed by atoms with Gasteiger partial charge in [-0.3, -0.25) is 24.5 Å². The van der Waals surface area contributed by atoms with E-state index in [4.69, 9.17) is 18.9 Å². The number of nitrogens with zero attached hydrogens (tertiary/aromatic N) is 3. The van der Waals surface area contributed by atoms with Gasteiger partial charge in [-0.1, -0.05) is 54.6 Å². The second-order valence-corrected chi connectivity index (χ2v) is 11.5. The molecule has 49 heavy (non-hydrogen) atoms. The van der Waals surface area contributed by atoms with Crippen molar-refractivity contribution in [2.75, 3.05) is 5.32 Å². The fourth-order valence-corrected chi connectivity index (χ4v) is 5.61. The van der Waals surface area contributed by atoms with Gasteiger partial charge in [0.05, 0.1) is 23.0 Å². The molecule has 0 aliphatic carbocycles. The number of carbonyl (C=O) groups is 4. The molecule has 1 saturated heterocycles. The number of ether oxygens (including phenoxy) is 4. The molecular weight excluding hydrogens is 634 g/mol. The Bertz CT molecular complexity index is 2070.